The molecule has 0 spiro atoms. The van der Waals surface area contributed by atoms with Gasteiger partial charge in [-0.2, -0.15) is 11.8 Å². The summed E-state index contributed by atoms with van der Waals surface area (Å²) in [6, 6.07) is 1.65. The number of thioether (sulfide) groups is 1. The molecule has 1 N–H and O–H groups in total. The maximum Gasteiger partial charge on any atom is 0.0158 e. The minimum atomic E-state index is 0.579. The van der Waals surface area contributed by atoms with E-state index in [0.29, 0.717) is 5.41 Å². The normalized spacial score (nSPS) is 31.9. The number of nitrogens with one attached hydrogen (secondary N) is 1. The third-order valence-corrected chi connectivity index (χ3v) is 6.74. The highest BCUT2D eigenvalue weighted by Gasteiger charge is 2.36. The van der Waals surface area contributed by atoms with E-state index in [1.165, 1.54) is 82.5 Å². The predicted octanol–water partition coefficient (Wildman–Crippen LogP) is 3.52. The van der Waals surface area contributed by atoms with Gasteiger partial charge in [-0.15, -0.1) is 0 Å². The molecule has 0 aromatic heterocycles. The molecule has 1 heterocycles. The molecule has 20 heavy (non-hydrogen) atoms. The smallest absolute Gasteiger partial charge is 0.0158 e. The predicted molar refractivity (Wildman–Crippen MR) is 89.5 cm³/mol. The van der Waals surface area contributed by atoms with Gasteiger partial charge in [0.1, 0.15) is 0 Å². The van der Waals surface area contributed by atoms with Gasteiger partial charge in [0.2, 0.25) is 0 Å². The molecule has 0 bridgehead atoms. The van der Waals surface area contributed by atoms with Gasteiger partial charge in [0.05, 0.1) is 0 Å². The Morgan fingerprint density at radius 3 is 2.55 bits per heavy atom. The highest BCUT2D eigenvalue weighted by atomic mass is 32.2. The summed E-state index contributed by atoms with van der Waals surface area (Å²) in [7, 11) is 0. The van der Waals surface area contributed by atoms with Gasteiger partial charge in [-0.3, -0.25) is 4.90 Å². The molecule has 0 aromatic carbocycles. The molecular weight excluding hydrogens is 264 g/mol. The first-order valence-corrected chi connectivity index (χ1v) is 9.98. The Labute approximate surface area is 129 Å². The summed E-state index contributed by atoms with van der Waals surface area (Å²) in [6.07, 6.45) is 11.6. The van der Waals surface area contributed by atoms with Crippen LogP contribution < -0.4 is 5.32 Å². The van der Waals surface area contributed by atoms with Crippen molar-refractivity contribution >= 4 is 11.8 Å². The van der Waals surface area contributed by atoms with Gasteiger partial charge in [-0.05, 0) is 38.0 Å². The monoisotopic (exact) mass is 296 g/mol. The minimum Gasteiger partial charge on any atom is -0.313 e. The number of nitrogens with zero attached hydrogens (tertiary/aromatic N) is 1. The molecule has 1 unspecified atom stereocenters. The van der Waals surface area contributed by atoms with Crippen LogP contribution in [0, 0.1) is 5.41 Å². The van der Waals surface area contributed by atoms with E-state index < -0.39 is 0 Å². The molecule has 2 nitrogen and oxygen atoms in total. The second kappa shape index (κ2) is 7.02. The van der Waals surface area contributed by atoms with Crippen molar-refractivity contribution < 1.29 is 0 Å². The molecule has 3 aliphatic rings. The van der Waals surface area contributed by atoms with Crippen molar-refractivity contribution in [2.24, 2.45) is 5.41 Å². The molecule has 0 aromatic rings. The maximum atomic E-state index is 3.87. The van der Waals surface area contributed by atoms with Crippen LogP contribution in [-0.2, 0) is 0 Å². The van der Waals surface area contributed by atoms with Crippen LogP contribution in [0.1, 0.15) is 58.3 Å². The Hall–Kier alpha value is 0.270. The highest BCUT2D eigenvalue weighted by Crippen LogP contribution is 2.37. The van der Waals surface area contributed by atoms with E-state index in [2.05, 4.69) is 28.9 Å². The van der Waals surface area contributed by atoms with Crippen LogP contribution in [0.3, 0.4) is 0 Å². The van der Waals surface area contributed by atoms with Crippen LogP contribution in [0.2, 0.25) is 0 Å². The Morgan fingerprint density at radius 1 is 1.15 bits per heavy atom. The van der Waals surface area contributed by atoms with E-state index in [0.717, 1.165) is 12.1 Å². The number of rotatable bonds is 5. The Morgan fingerprint density at radius 2 is 1.90 bits per heavy atom. The Balaban J connectivity index is 1.62. The van der Waals surface area contributed by atoms with E-state index in [9.17, 15) is 0 Å². The van der Waals surface area contributed by atoms with Crippen molar-refractivity contribution in [2.45, 2.75) is 70.4 Å². The van der Waals surface area contributed by atoms with Gasteiger partial charge in [0.25, 0.3) is 0 Å². The largest absolute Gasteiger partial charge is 0.313 e. The number of hydrogen-bond acceptors (Lipinski definition) is 3. The average molecular weight is 297 g/mol. The van der Waals surface area contributed by atoms with Crippen LogP contribution >= 0.6 is 11.8 Å². The van der Waals surface area contributed by atoms with Crippen LogP contribution in [0.4, 0.5) is 0 Å². The summed E-state index contributed by atoms with van der Waals surface area (Å²) >= 11 is 2.14. The lowest BCUT2D eigenvalue weighted by Crippen LogP contribution is -2.50. The topological polar surface area (TPSA) is 15.3 Å². The Kier molecular flexibility index (Phi) is 5.33. The summed E-state index contributed by atoms with van der Waals surface area (Å²) in [5.41, 5.74) is 0.579. The van der Waals surface area contributed by atoms with Crippen molar-refractivity contribution in [3.8, 4) is 0 Å². The quantitative estimate of drug-likeness (QED) is 0.782. The standard InChI is InChI=1S/C17H32N2S/c1-15-12-20-11-10-19(15)14-17(13-18-16-6-7-16)8-4-2-3-5-9-17/h15-16,18H,2-14H2,1H3. The van der Waals surface area contributed by atoms with Crippen LogP contribution in [-0.4, -0.2) is 48.1 Å². The Bertz CT molecular complexity index is 295. The SMILES string of the molecule is CC1CSCCN1CC1(CNC2CC2)CCCCCC1. The van der Waals surface area contributed by atoms with E-state index in [-0.39, 0.29) is 0 Å². The van der Waals surface area contributed by atoms with Gasteiger partial charge in [0.15, 0.2) is 0 Å². The zero-order valence-corrected chi connectivity index (χ0v) is 14.0. The van der Waals surface area contributed by atoms with Crippen LogP contribution in [0.25, 0.3) is 0 Å². The van der Waals surface area contributed by atoms with Crippen molar-refractivity contribution in [1.82, 2.24) is 10.2 Å². The molecule has 3 rings (SSSR count). The van der Waals surface area contributed by atoms with E-state index in [1.54, 1.807) is 0 Å². The second-order valence-electron chi connectivity index (χ2n) is 7.46. The summed E-state index contributed by atoms with van der Waals surface area (Å²) in [5, 5.41) is 3.87. The molecule has 0 amide bonds. The molecule has 3 heteroatoms. The summed E-state index contributed by atoms with van der Waals surface area (Å²) in [5.74, 6) is 2.68. The fourth-order valence-corrected chi connectivity index (χ4v) is 5.03. The van der Waals surface area contributed by atoms with Gasteiger partial charge in [-0.1, -0.05) is 25.7 Å². The lowest BCUT2D eigenvalue weighted by molar-refractivity contribution is 0.107. The molecule has 1 aliphatic heterocycles. The summed E-state index contributed by atoms with van der Waals surface area (Å²) in [6.45, 7) is 6.39. The highest BCUT2D eigenvalue weighted by molar-refractivity contribution is 7.99. The van der Waals surface area contributed by atoms with Crippen molar-refractivity contribution in [2.75, 3.05) is 31.1 Å². The van der Waals surface area contributed by atoms with Crippen LogP contribution in [0.15, 0.2) is 0 Å². The van der Waals surface area contributed by atoms with Crippen LogP contribution in [0.5, 0.6) is 0 Å². The van der Waals surface area contributed by atoms with E-state index in [1.807, 2.05) is 0 Å². The lowest BCUT2D eigenvalue weighted by Gasteiger charge is -2.42. The molecule has 116 valence electrons. The first-order valence-electron chi connectivity index (χ1n) is 8.83. The molecular formula is C17H32N2S. The third-order valence-electron chi connectivity index (χ3n) is 5.55. The molecule has 2 aliphatic carbocycles. The summed E-state index contributed by atoms with van der Waals surface area (Å²) < 4.78 is 0. The maximum absolute atomic E-state index is 3.87. The van der Waals surface area contributed by atoms with Gasteiger partial charge in [-0.25, -0.2) is 0 Å². The molecule has 3 fully saturated rings. The minimum absolute atomic E-state index is 0.579. The zero-order chi connectivity index (χ0) is 13.8. The van der Waals surface area contributed by atoms with E-state index in [4.69, 9.17) is 0 Å². The first-order chi connectivity index (χ1) is 9.77. The number of hydrogen-bond donors (Lipinski definition) is 1. The van der Waals surface area contributed by atoms with Crippen molar-refractivity contribution in [3.05, 3.63) is 0 Å². The fraction of sp³-hybridized carbons (Fsp3) is 1.00. The average Bonchev–Trinajstić information content (AvgIpc) is 3.27. The third kappa shape index (κ3) is 4.14. The molecule has 2 saturated carbocycles. The second-order valence-corrected chi connectivity index (χ2v) is 8.61. The lowest BCUT2D eigenvalue weighted by atomic mass is 9.79. The zero-order valence-electron chi connectivity index (χ0n) is 13.2. The van der Waals surface area contributed by atoms with Crippen molar-refractivity contribution in [3.63, 3.8) is 0 Å². The van der Waals surface area contributed by atoms with E-state index >= 15 is 0 Å². The molecule has 0 radical (unpaired) electrons. The van der Waals surface area contributed by atoms with Gasteiger partial charge in [0, 0.05) is 43.2 Å². The molecule has 1 saturated heterocycles. The molecule has 1 atom stereocenters. The van der Waals surface area contributed by atoms with Crippen molar-refractivity contribution in [1.29, 1.82) is 0 Å². The van der Waals surface area contributed by atoms with Gasteiger partial charge < -0.3 is 5.32 Å². The first kappa shape index (κ1) is 15.2. The fourth-order valence-electron chi connectivity index (χ4n) is 3.94. The van der Waals surface area contributed by atoms with Gasteiger partial charge >= 0.3 is 0 Å². The summed E-state index contributed by atoms with van der Waals surface area (Å²) in [4.78, 5) is 2.80.